The molecule has 0 bridgehead atoms. The molecule has 0 radical (unpaired) electrons. The minimum absolute atomic E-state index is 0.500. The summed E-state index contributed by atoms with van der Waals surface area (Å²) in [7, 11) is 0. The number of benzene rings is 1. The summed E-state index contributed by atoms with van der Waals surface area (Å²) in [5, 5.41) is 4.33. The van der Waals surface area contributed by atoms with E-state index in [1.54, 1.807) is 0 Å². The summed E-state index contributed by atoms with van der Waals surface area (Å²) in [5.74, 6) is 0. The Morgan fingerprint density at radius 1 is 1.35 bits per heavy atom. The van der Waals surface area contributed by atoms with Gasteiger partial charge in [-0.1, -0.05) is 38.4 Å². The van der Waals surface area contributed by atoms with Crippen LogP contribution in [-0.2, 0) is 6.54 Å². The van der Waals surface area contributed by atoms with Gasteiger partial charge >= 0.3 is 0 Å². The Morgan fingerprint density at radius 3 is 2.80 bits per heavy atom. The Kier molecular flexibility index (Phi) is 5.74. The zero-order valence-corrected chi connectivity index (χ0v) is 13.7. The van der Waals surface area contributed by atoms with E-state index in [0.717, 1.165) is 18.1 Å². The third-order valence-corrected chi connectivity index (χ3v) is 4.44. The van der Waals surface area contributed by atoms with E-state index in [2.05, 4.69) is 49.2 Å². The predicted molar refractivity (Wildman–Crippen MR) is 88.7 cm³/mol. The van der Waals surface area contributed by atoms with Crippen LogP contribution < -0.4 is 10.2 Å². The summed E-state index contributed by atoms with van der Waals surface area (Å²) in [6.45, 7) is 8.62. The summed E-state index contributed by atoms with van der Waals surface area (Å²) >= 11 is 6.53. The molecule has 1 fully saturated rings. The fraction of sp³-hybridized carbons (Fsp3) is 0.647. The second-order valence-corrected chi connectivity index (χ2v) is 6.48. The van der Waals surface area contributed by atoms with Crippen LogP contribution in [0.5, 0.6) is 0 Å². The van der Waals surface area contributed by atoms with Crippen LogP contribution in [0.3, 0.4) is 0 Å². The van der Waals surface area contributed by atoms with Gasteiger partial charge in [0.2, 0.25) is 0 Å². The first kappa shape index (κ1) is 15.7. The molecule has 1 unspecified atom stereocenters. The van der Waals surface area contributed by atoms with Gasteiger partial charge in [0.05, 0.1) is 10.7 Å². The predicted octanol–water partition coefficient (Wildman–Crippen LogP) is 4.61. The molecule has 1 aliphatic heterocycles. The SMILES string of the molecule is CCC1CCCCN1c1ccc(CNC(C)C)cc1Cl. The molecule has 1 N–H and O–H groups in total. The topological polar surface area (TPSA) is 15.3 Å². The van der Waals surface area contributed by atoms with Gasteiger partial charge in [-0.3, -0.25) is 0 Å². The lowest BCUT2D eigenvalue weighted by Gasteiger charge is -2.37. The summed E-state index contributed by atoms with van der Waals surface area (Å²) in [5.41, 5.74) is 2.48. The molecule has 1 aromatic rings. The lowest BCUT2D eigenvalue weighted by molar-refractivity contribution is 0.450. The Bertz CT molecular complexity index is 431. The molecule has 20 heavy (non-hydrogen) atoms. The molecule has 0 saturated carbocycles. The zero-order valence-electron chi connectivity index (χ0n) is 13.0. The van der Waals surface area contributed by atoms with E-state index in [1.807, 2.05) is 0 Å². The normalized spacial score (nSPS) is 19.6. The van der Waals surface area contributed by atoms with Gasteiger partial charge in [-0.05, 0) is 43.4 Å². The number of nitrogens with zero attached hydrogens (tertiary/aromatic N) is 1. The highest BCUT2D eigenvalue weighted by atomic mass is 35.5. The minimum atomic E-state index is 0.500. The number of hydrogen-bond acceptors (Lipinski definition) is 2. The second kappa shape index (κ2) is 7.33. The van der Waals surface area contributed by atoms with Crippen LogP contribution in [0.25, 0.3) is 0 Å². The van der Waals surface area contributed by atoms with Gasteiger partial charge in [-0.25, -0.2) is 0 Å². The smallest absolute Gasteiger partial charge is 0.0642 e. The molecular weight excluding hydrogens is 268 g/mol. The van der Waals surface area contributed by atoms with Gasteiger partial charge in [0.25, 0.3) is 0 Å². The number of hydrogen-bond donors (Lipinski definition) is 1. The number of nitrogens with one attached hydrogen (secondary N) is 1. The van der Waals surface area contributed by atoms with Crippen molar-refractivity contribution in [3.05, 3.63) is 28.8 Å². The van der Waals surface area contributed by atoms with Crippen LogP contribution in [0.1, 0.15) is 52.0 Å². The third-order valence-electron chi connectivity index (χ3n) is 4.13. The van der Waals surface area contributed by atoms with Crippen molar-refractivity contribution in [2.24, 2.45) is 0 Å². The van der Waals surface area contributed by atoms with Crippen LogP contribution in [0.15, 0.2) is 18.2 Å². The van der Waals surface area contributed by atoms with Crippen molar-refractivity contribution >= 4 is 17.3 Å². The fourth-order valence-corrected chi connectivity index (χ4v) is 3.27. The molecule has 0 aromatic heterocycles. The van der Waals surface area contributed by atoms with Crippen LogP contribution in [0.4, 0.5) is 5.69 Å². The Hall–Kier alpha value is -0.730. The van der Waals surface area contributed by atoms with Crippen molar-refractivity contribution in [3.8, 4) is 0 Å². The number of halogens is 1. The molecule has 0 amide bonds. The van der Waals surface area contributed by atoms with Gasteiger partial charge < -0.3 is 10.2 Å². The Morgan fingerprint density at radius 2 is 2.15 bits per heavy atom. The molecule has 1 heterocycles. The maximum absolute atomic E-state index is 6.53. The maximum atomic E-state index is 6.53. The Balaban J connectivity index is 2.12. The van der Waals surface area contributed by atoms with Crippen LogP contribution in [0.2, 0.25) is 5.02 Å². The van der Waals surface area contributed by atoms with E-state index in [4.69, 9.17) is 11.6 Å². The highest BCUT2D eigenvalue weighted by molar-refractivity contribution is 6.33. The molecule has 0 spiro atoms. The molecule has 1 aliphatic rings. The fourth-order valence-electron chi connectivity index (χ4n) is 2.96. The van der Waals surface area contributed by atoms with E-state index < -0.39 is 0 Å². The summed E-state index contributed by atoms with van der Waals surface area (Å²) in [6.07, 6.45) is 5.13. The van der Waals surface area contributed by atoms with E-state index in [1.165, 1.54) is 36.9 Å². The molecular formula is C17H27ClN2. The van der Waals surface area contributed by atoms with Gasteiger partial charge in [-0.2, -0.15) is 0 Å². The number of piperidine rings is 1. The monoisotopic (exact) mass is 294 g/mol. The van der Waals surface area contributed by atoms with Crippen LogP contribution in [-0.4, -0.2) is 18.6 Å². The lowest BCUT2D eigenvalue weighted by atomic mass is 9.99. The standard InChI is InChI=1S/C17H27ClN2/c1-4-15-7-5-6-10-20(15)17-9-8-14(11-16(17)18)12-19-13(2)3/h8-9,11,13,15,19H,4-7,10,12H2,1-3H3. The van der Waals surface area contributed by atoms with E-state index >= 15 is 0 Å². The summed E-state index contributed by atoms with van der Waals surface area (Å²) in [6, 6.07) is 7.68. The lowest BCUT2D eigenvalue weighted by Crippen LogP contribution is -2.39. The van der Waals surface area contributed by atoms with Crippen molar-refractivity contribution in [2.45, 2.75) is 65.1 Å². The van der Waals surface area contributed by atoms with Crippen molar-refractivity contribution < 1.29 is 0 Å². The molecule has 3 heteroatoms. The first-order valence-corrected chi connectivity index (χ1v) is 8.28. The van der Waals surface area contributed by atoms with Crippen molar-refractivity contribution in [1.29, 1.82) is 0 Å². The van der Waals surface area contributed by atoms with Crippen molar-refractivity contribution in [1.82, 2.24) is 5.32 Å². The highest BCUT2D eigenvalue weighted by Gasteiger charge is 2.22. The Labute approximate surface area is 128 Å². The van der Waals surface area contributed by atoms with Gasteiger partial charge in [0, 0.05) is 25.2 Å². The van der Waals surface area contributed by atoms with Gasteiger partial charge in [0.15, 0.2) is 0 Å². The van der Waals surface area contributed by atoms with Crippen molar-refractivity contribution in [2.75, 3.05) is 11.4 Å². The maximum Gasteiger partial charge on any atom is 0.0642 e. The molecule has 0 aliphatic carbocycles. The van der Waals surface area contributed by atoms with Gasteiger partial charge in [-0.15, -0.1) is 0 Å². The molecule has 1 atom stereocenters. The van der Waals surface area contributed by atoms with E-state index in [-0.39, 0.29) is 0 Å². The third kappa shape index (κ3) is 3.89. The molecule has 1 saturated heterocycles. The average molecular weight is 295 g/mol. The second-order valence-electron chi connectivity index (χ2n) is 6.07. The largest absolute Gasteiger partial charge is 0.367 e. The highest BCUT2D eigenvalue weighted by Crippen LogP contribution is 2.32. The summed E-state index contributed by atoms with van der Waals surface area (Å²) in [4.78, 5) is 2.51. The average Bonchev–Trinajstić information content (AvgIpc) is 2.45. The zero-order chi connectivity index (χ0) is 14.5. The van der Waals surface area contributed by atoms with E-state index in [0.29, 0.717) is 12.1 Å². The molecule has 2 nitrogen and oxygen atoms in total. The molecule has 112 valence electrons. The van der Waals surface area contributed by atoms with Crippen LogP contribution in [0, 0.1) is 0 Å². The van der Waals surface area contributed by atoms with Gasteiger partial charge in [0.1, 0.15) is 0 Å². The number of rotatable bonds is 5. The van der Waals surface area contributed by atoms with Crippen molar-refractivity contribution in [3.63, 3.8) is 0 Å². The van der Waals surface area contributed by atoms with Crippen LogP contribution >= 0.6 is 11.6 Å². The molecule has 2 rings (SSSR count). The first-order valence-electron chi connectivity index (χ1n) is 7.90. The minimum Gasteiger partial charge on any atom is -0.367 e. The quantitative estimate of drug-likeness (QED) is 0.853. The number of anilines is 1. The molecule has 1 aromatic carbocycles. The first-order chi connectivity index (χ1) is 9.61. The van der Waals surface area contributed by atoms with E-state index in [9.17, 15) is 0 Å². The summed E-state index contributed by atoms with van der Waals surface area (Å²) < 4.78 is 0.